The summed E-state index contributed by atoms with van der Waals surface area (Å²) in [7, 11) is -2.33. The minimum atomic E-state index is -3.67. The van der Waals surface area contributed by atoms with Crippen LogP contribution < -0.4 is 5.40 Å². The standard InChI is InChI=1S/C5H12F3NOSi/c1-2-3-11(9)10-5(7,8)4-6/h11H,2-4,9H2,1H3. The summed E-state index contributed by atoms with van der Waals surface area (Å²) in [4.78, 5) is 0. The van der Waals surface area contributed by atoms with Crippen LogP contribution in [-0.4, -0.2) is 22.0 Å². The molecule has 0 heterocycles. The van der Waals surface area contributed by atoms with Crippen molar-refractivity contribution in [2.75, 3.05) is 6.67 Å². The number of hydrogen-bond acceptors (Lipinski definition) is 2. The van der Waals surface area contributed by atoms with Gasteiger partial charge in [0.2, 0.25) is 0 Å². The zero-order chi connectivity index (χ0) is 8.91. The zero-order valence-corrected chi connectivity index (χ0v) is 7.47. The molecule has 0 aromatic heterocycles. The third kappa shape index (κ3) is 5.22. The predicted molar refractivity (Wildman–Crippen MR) is 38.4 cm³/mol. The summed E-state index contributed by atoms with van der Waals surface area (Å²) in [6.45, 7) is 0.0151. The van der Waals surface area contributed by atoms with Crippen molar-refractivity contribution in [1.29, 1.82) is 0 Å². The summed E-state index contributed by atoms with van der Waals surface area (Å²) in [5.41, 5.74) is 0. The third-order valence-corrected chi connectivity index (χ3v) is 2.85. The molecule has 6 heteroatoms. The van der Waals surface area contributed by atoms with Gasteiger partial charge in [-0.15, -0.1) is 0 Å². The molecule has 0 amide bonds. The Morgan fingerprint density at radius 1 is 1.55 bits per heavy atom. The zero-order valence-electron chi connectivity index (χ0n) is 6.32. The van der Waals surface area contributed by atoms with Gasteiger partial charge in [-0.3, -0.25) is 0 Å². The number of hydrogen-bond donors (Lipinski definition) is 1. The maximum Gasteiger partial charge on any atom is 0.376 e. The average Bonchev–Trinajstić information content (AvgIpc) is 1.87. The molecule has 0 spiro atoms. The molecule has 0 aliphatic rings. The first-order valence-corrected chi connectivity index (χ1v) is 5.34. The Bertz CT molecular complexity index is 114. The van der Waals surface area contributed by atoms with Gasteiger partial charge in [0.25, 0.3) is 9.20 Å². The Kier molecular flexibility index (Phi) is 4.70. The number of nitrogens with two attached hydrogens (primary N) is 1. The predicted octanol–water partition coefficient (Wildman–Crippen LogP) is 1.15. The van der Waals surface area contributed by atoms with Crippen molar-refractivity contribution >= 4 is 9.20 Å². The maximum absolute atomic E-state index is 12.1. The van der Waals surface area contributed by atoms with E-state index >= 15 is 0 Å². The summed E-state index contributed by atoms with van der Waals surface area (Å²) >= 11 is 0. The molecule has 0 aromatic rings. The minimum absolute atomic E-state index is 0.440. The molecule has 68 valence electrons. The lowest BCUT2D eigenvalue weighted by Crippen LogP contribution is -2.39. The molecule has 2 nitrogen and oxygen atoms in total. The third-order valence-electron chi connectivity index (χ3n) is 1.05. The lowest BCUT2D eigenvalue weighted by Gasteiger charge is -2.17. The van der Waals surface area contributed by atoms with Crippen molar-refractivity contribution in [1.82, 2.24) is 0 Å². The molecule has 0 rings (SSSR count). The van der Waals surface area contributed by atoms with Crippen molar-refractivity contribution in [3.8, 4) is 0 Å². The van der Waals surface area contributed by atoms with Crippen LogP contribution in [0, 0.1) is 0 Å². The fourth-order valence-electron chi connectivity index (χ4n) is 0.596. The smallest absolute Gasteiger partial charge is 0.348 e. The SMILES string of the molecule is CCC[SiH](N)OC(F)(F)CF. The first-order chi connectivity index (χ1) is 5.02. The van der Waals surface area contributed by atoms with Gasteiger partial charge in [-0.25, -0.2) is 4.39 Å². The van der Waals surface area contributed by atoms with Crippen LogP contribution in [-0.2, 0) is 4.43 Å². The quantitative estimate of drug-likeness (QED) is 0.655. The fraction of sp³-hybridized carbons (Fsp3) is 1.00. The van der Waals surface area contributed by atoms with E-state index in [0.29, 0.717) is 12.5 Å². The van der Waals surface area contributed by atoms with E-state index < -0.39 is 22.0 Å². The van der Waals surface area contributed by atoms with Crippen molar-refractivity contribution in [3.63, 3.8) is 0 Å². The molecular formula is C5H12F3NOSi. The van der Waals surface area contributed by atoms with Gasteiger partial charge in [0.05, 0.1) is 0 Å². The number of halogens is 3. The van der Waals surface area contributed by atoms with E-state index in [2.05, 4.69) is 4.43 Å². The molecule has 0 bridgehead atoms. The second-order valence-corrected chi connectivity index (χ2v) is 4.11. The van der Waals surface area contributed by atoms with E-state index in [1.807, 2.05) is 6.92 Å². The van der Waals surface area contributed by atoms with E-state index in [-0.39, 0.29) is 0 Å². The van der Waals surface area contributed by atoms with Gasteiger partial charge in [-0.2, -0.15) is 8.78 Å². The molecule has 0 radical (unpaired) electrons. The van der Waals surface area contributed by atoms with Crippen LogP contribution in [0.25, 0.3) is 0 Å². The monoisotopic (exact) mass is 187 g/mol. The van der Waals surface area contributed by atoms with Crippen molar-refractivity contribution in [3.05, 3.63) is 0 Å². The molecule has 0 aliphatic carbocycles. The lowest BCUT2D eigenvalue weighted by atomic mass is 10.6. The summed E-state index contributed by atoms with van der Waals surface area (Å²) in [5.74, 6) is 0. The van der Waals surface area contributed by atoms with Crippen LogP contribution in [0.2, 0.25) is 6.04 Å². The molecule has 0 fully saturated rings. The Balaban J connectivity index is 3.64. The van der Waals surface area contributed by atoms with E-state index in [9.17, 15) is 13.2 Å². The molecule has 1 unspecified atom stereocenters. The molecule has 1 atom stereocenters. The van der Waals surface area contributed by atoms with Crippen LogP contribution in [0.4, 0.5) is 13.2 Å². The molecule has 2 N–H and O–H groups in total. The average molecular weight is 187 g/mol. The lowest BCUT2D eigenvalue weighted by molar-refractivity contribution is -0.190. The number of rotatable bonds is 5. The Hall–Kier alpha value is -0.0731. The highest BCUT2D eigenvalue weighted by atomic mass is 28.3. The van der Waals surface area contributed by atoms with E-state index in [1.165, 1.54) is 0 Å². The summed E-state index contributed by atoms with van der Waals surface area (Å²) < 4.78 is 39.7. The van der Waals surface area contributed by atoms with Gasteiger partial charge in [-0.05, 0) is 6.04 Å². The summed E-state index contributed by atoms with van der Waals surface area (Å²) in [6, 6.07) is 0.440. The van der Waals surface area contributed by atoms with Gasteiger partial charge >= 0.3 is 6.11 Å². The van der Waals surface area contributed by atoms with Crippen LogP contribution in [0.5, 0.6) is 0 Å². The van der Waals surface area contributed by atoms with Gasteiger partial charge < -0.3 is 9.83 Å². The van der Waals surface area contributed by atoms with Gasteiger partial charge in [0.15, 0.2) is 6.67 Å². The van der Waals surface area contributed by atoms with Crippen LogP contribution in [0.15, 0.2) is 0 Å². The highest BCUT2D eigenvalue weighted by Gasteiger charge is 2.32. The molecule has 11 heavy (non-hydrogen) atoms. The van der Waals surface area contributed by atoms with E-state index in [4.69, 9.17) is 5.40 Å². The van der Waals surface area contributed by atoms with Gasteiger partial charge in [-0.1, -0.05) is 13.3 Å². The van der Waals surface area contributed by atoms with Crippen molar-refractivity contribution in [2.24, 2.45) is 5.40 Å². The van der Waals surface area contributed by atoms with Crippen LogP contribution in [0.3, 0.4) is 0 Å². The highest BCUT2D eigenvalue weighted by molar-refractivity contribution is 6.47. The molecule has 0 saturated carbocycles. The first-order valence-electron chi connectivity index (χ1n) is 3.39. The molecule has 0 saturated heterocycles. The van der Waals surface area contributed by atoms with E-state index in [1.54, 1.807) is 0 Å². The Labute approximate surface area is 65.3 Å². The second-order valence-electron chi connectivity index (χ2n) is 2.22. The summed E-state index contributed by atoms with van der Waals surface area (Å²) in [6.07, 6.45) is -2.98. The van der Waals surface area contributed by atoms with E-state index in [0.717, 1.165) is 0 Å². The van der Waals surface area contributed by atoms with Crippen molar-refractivity contribution < 1.29 is 17.6 Å². The molecule has 0 aliphatic heterocycles. The number of alkyl halides is 3. The fourth-order valence-corrected chi connectivity index (χ4v) is 1.79. The molecular weight excluding hydrogens is 175 g/mol. The largest absolute Gasteiger partial charge is 0.376 e. The topological polar surface area (TPSA) is 35.2 Å². The van der Waals surface area contributed by atoms with Gasteiger partial charge in [0, 0.05) is 0 Å². The highest BCUT2D eigenvalue weighted by Crippen LogP contribution is 2.16. The Morgan fingerprint density at radius 2 is 2.09 bits per heavy atom. The Morgan fingerprint density at radius 3 is 2.45 bits per heavy atom. The first kappa shape index (κ1) is 10.9. The van der Waals surface area contributed by atoms with Crippen LogP contribution in [0.1, 0.15) is 13.3 Å². The normalized spacial score (nSPS) is 15.0. The molecule has 0 aromatic carbocycles. The van der Waals surface area contributed by atoms with Gasteiger partial charge in [0.1, 0.15) is 0 Å². The maximum atomic E-state index is 12.1. The summed E-state index contributed by atoms with van der Waals surface area (Å²) in [5, 5.41) is 5.22. The minimum Gasteiger partial charge on any atom is -0.348 e. The van der Waals surface area contributed by atoms with Crippen LogP contribution >= 0.6 is 0 Å². The van der Waals surface area contributed by atoms with Crippen molar-refractivity contribution in [2.45, 2.75) is 25.5 Å². The second kappa shape index (κ2) is 4.73.